The van der Waals surface area contributed by atoms with Gasteiger partial charge in [0.25, 0.3) is 5.91 Å². The van der Waals surface area contributed by atoms with Gasteiger partial charge in [0.05, 0.1) is 12.0 Å². The van der Waals surface area contributed by atoms with Gasteiger partial charge in [-0.25, -0.2) is 4.98 Å². The molecule has 0 saturated carbocycles. The minimum absolute atomic E-state index is 0.372. The number of imidazole rings is 1. The molecule has 2 rings (SSSR count). The van der Waals surface area contributed by atoms with Crippen molar-refractivity contribution in [3.05, 3.63) is 17.7 Å². The number of aromatic amines is 1. The van der Waals surface area contributed by atoms with E-state index < -0.39 is 5.91 Å². The third kappa shape index (κ3) is 1.77. The molecular formula is C9H14N4O. The summed E-state index contributed by atoms with van der Waals surface area (Å²) in [7, 11) is 0. The first-order valence-corrected chi connectivity index (χ1v) is 4.82. The van der Waals surface area contributed by atoms with Crippen LogP contribution in [0.2, 0.25) is 0 Å². The van der Waals surface area contributed by atoms with E-state index in [2.05, 4.69) is 14.9 Å². The lowest BCUT2D eigenvalue weighted by atomic mass is 10.3. The van der Waals surface area contributed by atoms with Gasteiger partial charge in [0.15, 0.2) is 0 Å². The van der Waals surface area contributed by atoms with Crippen LogP contribution < -0.4 is 5.73 Å². The normalized spacial score (nSPS) is 17.4. The van der Waals surface area contributed by atoms with Gasteiger partial charge >= 0.3 is 0 Å². The van der Waals surface area contributed by atoms with Gasteiger partial charge in [-0.1, -0.05) is 0 Å². The Labute approximate surface area is 82.3 Å². The molecule has 0 unspecified atom stereocenters. The summed E-state index contributed by atoms with van der Waals surface area (Å²) in [6.45, 7) is 2.94. The molecule has 0 aliphatic carbocycles. The van der Waals surface area contributed by atoms with Crippen molar-refractivity contribution in [1.82, 2.24) is 14.9 Å². The Kier molecular flexibility index (Phi) is 2.49. The molecule has 0 aromatic carbocycles. The van der Waals surface area contributed by atoms with E-state index in [4.69, 9.17) is 5.73 Å². The Morgan fingerprint density at radius 2 is 2.29 bits per heavy atom. The highest BCUT2D eigenvalue weighted by Gasteiger charge is 2.17. The van der Waals surface area contributed by atoms with Crippen LogP contribution in [0.1, 0.15) is 29.0 Å². The topological polar surface area (TPSA) is 75.0 Å². The Morgan fingerprint density at radius 3 is 2.93 bits per heavy atom. The number of carbonyl (C=O) groups is 1. The number of hydrogen-bond acceptors (Lipinski definition) is 3. The Bertz CT molecular complexity index is 327. The van der Waals surface area contributed by atoms with Crippen LogP contribution in [0, 0.1) is 0 Å². The molecule has 1 saturated heterocycles. The Morgan fingerprint density at radius 1 is 1.57 bits per heavy atom. The van der Waals surface area contributed by atoms with Crippen LogP contribution >= 0.6 is 0 Å². The Balaban J connectivity index is 2.07. The average molecular weight is 194 g/mol. The van der Waals surface area contributed by atoms with Crippen LogP contribution in [-0.2, 0) is 6.54 Å². The minimum atomic E-state index is -0.458. The predicted octanol–water partition coefficient (Wildman–Crippen LogP) is 0.104. The summed E-state index contributed by atoms with van der Waals surface area (Å²) in [5.41, 5.74) is 6.40. The number of hydrogen-bond donors (Lipinski definition) is 2. The molecule has 1 aromatic heterocycles. The molecule has 1 amide bonds. The van der Waals surface area contributed by atoms with Crippen molar-refractivity contribution in [3.8, 4) is 0 Å². The minimum Gasteiger partial charge on any atom is -0.364 e. The summed E-state index contributed by atoms with van der Waals surface area (Å²) in [4.78, 5) is 20.1. The molecule has 3 N–H and O–H groups in total. The lowest BCUT2D eigenvalue weighted by molar-refractivity contribution is 0.0994. The fourth-order valence-corrected chi connectivity index (χ4v) is 1.82. The fourth-order valence-electron chi connectivity index (χ4n) is 1.82. The molecule has 0 atom stereocenters. The quantitative estimate of drug-likeness (QED) is 0.716. The van der Waals surface area contributed by atoms with E-state index in [1.165, 1.54) is 19.2 Å². The predicted molar refractivity (Wildman–Crippen MR) is 51.6 cm³/mol. The highest BCUT2D eigenvalue weighted by molar-refractivity contribution is 5.91. The van der Waals surface area contributed by atoms with E-state index >= 15 is 0 Å². The molecule has 1 aliphatic rings. The second-order valence-electron chi connectivity index (χ2n) is 3.58. The first-order chi connectivity index (χ1) is 6.77. The zero-order chi connectivity index (χ0) is 9.97. The maximum absolute atomic E-state index is 11.0. The molecule has 1 aliphatic heterocycles. The summed E-state index contributed by atoms with van der Waals surface area (Å²) in [5.74, 6) is -0.458. The fraction of sp³-hybridized carbons (Fsp3) is 0.556. The molecule has 1 fully saturated rings. The van der Waals surface area contributed by atoms with Gasteiger partial charge in [-0.15, -0.1) is 0 Å². The van der Waals surface area contributed by atoms with Crippen LogP contribution in [-0.4, -0.2) is 33.9 Å². The lowest BCUT2D eigenvalue weighted by Crippen LogP contribution is -2.22. The van der Waals surface area contributed by atoms with Crippen molar-refractivity contribution >= 4 is 5.91 Å². The SMILES string of the molecule is NC(=O)c1nc[nH]c1CN1CCCC1. The van der Waals surface area contributed by atoms with Gasteiger partial charge in [-0.05, 0) is 25.9 Å². The van der Waals surface area contributed by atoms with Crippen molar-refractivity contribution in [1.29, 1.82) is 0 Å². The van der Waals surface area contributed by atoms with Crippen LogP contribution in [0.5, 0.6) is 0 Å². The van der Waals surface area contributed by atoms with E-state index in [0.29, 0.717) is 5.69 Å². The molecule has 76 valence electrons. The number of nitrogens with zero attached hydrogens (tertiary/aromatic N) is 2. The number of rotatable bonds is 3. The van der Waals surface area contributed by atoms with Gasteiger partial charge in [0.1, 0.15) is 5.69 Å². The average Bonchev–Trinajstić information content (AvgIpc) is 2.75. The van der Waals surface area contributed by atoms with Crippen molar-refractivity contribution in [2.75, 3.05) is 13.1 Å². The monoisotopic (exact) mass is 194 g/mol. The summed E-state index contributed by atoms with van der Waals surface area (Å²) in [5, 5.41) is 0. The molecule has 14 heavy (non-hydrogen) atoms. The summed E-state index contributed by atoms with van der Waals surface area (Å²) in [6, 6.07) is 0. The first kappa shape index (κ1) is 9.21. The standard InChI is InChI=1S/C9H14N4O/c10-9(14)8-7(11-6-12-8)5-13-3-1-2-4-13/h6H,1-5H2,(H2,10,14)(H,11,12). The molecule has 1 aromatic rings. The smallest absolute Gasteiger partial charge is 0.269 e. The Hall–Kier alpha value is -1.36. The number of likely N-dealkylation sites (tertiary alicyclic amines) is 1. The van der Waals surface area contributed by atoms with Gasteiger partial charge < -0.3 is 10.7 Å². The van der Waals surface area contributed by atoms with E-state index in [1.54, 1.807) is 0 Å². The van der Waals surface area contributed by atoms with Gasteiger partial charge in [0, 0.05) is 6.54 Å². The summed E-state index contributed by atoms with van der Waals surface area (Å²) < 4.78 is 0. The van der Waals surface area contributed by atoms with Crippen molar-refractivity contribution < 1.29 is 4.79 Å². The van der Waals surface area contributed by atoms with Gasteiger partial charge in [0.2, 0.25) is 0 Å². The second kappa shape index (κ2) is 3.79. The van der Waals surface area contributed by atoms with Crippen molar-refractivity contribution in [3.63, 3.8) is 0 Å². The maximum Gasteiger partial charge on any atom is 0.269 e. The zero-order valence-corrected chi connectivity index (χ0v) is 7.99. The number of carbonyl (C=O) groups excluding carboxylic acids is 1. The van der Waals surface area contributed by atoms with Crippen LogP contribution in [0.15, 0.2) is 6.33 Å². The molecule has 5 heteroatoms. The van der Waals surface area contributed by atoms with Crippen LogP contribution in [0.4, 0.5) is 0 Å². The number of primary amides is 1. The van der Waals surface area contributed by atoms with Crippen molar-refractivity contribution in [2.45, 2.75) is 19.4 Å². The number of nitrogens with one attached hydrogen (secondary N) is 1. The lowest BCUT2D eigenvalue weighted by Gasteiger charge is -2.13. The molecule has 0 radical (unpaired) electrons. The largest absolute Gasteiger partial charge is 0.364 e. The van der Waals surface area contributed by atoms with E-state index in [1.807, 2.05) is 0 Å². The third-order valence-electron chi connectivity index (χ3n) is 2.53. The number of H-pyrrole nitrogens is 1. The van der Waals surface area contributed by atoms with Gasteiger partial charge in [-0.3, -0.25) is 9.69 Å². The number of amides is 1. The third-order valence-corrected chi connectivity index (χ3v) is 2.53. The number of nitrogens with two attached hydrogens (primary N) is 1. The first-order valence-electron chi connectivity index (χ1n) is 4.82. The molecule has 0 bridgehead atoms. The molecule has 5 nitrogen and oxygen atoms in total. The van der Waals surface area contributed by atoms with Gasteiger partial charge in [-0.2, -0.15) is 0 Å². The highest BCUT2D eigenvalue weighted by Crippen LogP contribution is 2.12. The zero-order valence-electron chi connectivity index (χ0n) is 7.99. The summed E-state index contributed by atoms with van der Waals surface area (Å²) in [6.07, 6.45) is 3.99. The van der Waals surface area contributed by atoms with E-state index in [0.717, 1.165) is 25.3 Å². The highest BCUT2D eigenvalue weighted by atomic mass is 16.1. The molecule has 2 heterocycles. The maximum atomic E-state index is 11.0. The van der Waals surface area contributed by atoms with E-state index in [-0.39, 0.29) is 0 Å². The summed E-state index contributed by atoms with van der Waals surface area (Å²) >= 11 is 0. The molecule has 0 spiro atoms. The van der Waals surface area contributed by atoms with Crippen molar-refractivity contribution in [2.24, 2.45) is 5.73 Å². The van der Waals surface area contributed by atoms with E-state index in [9.17, 15) is 4.79 Å². The molecular weight excluding hydrogens is 180 g/mol. The second-order valence-corrected chi connectivity index (χ2v) is 3.58. The van der Waals surface area contributed by atoms with Crippen LogP contribution in [0.3, 0.4) is 0 Å². The number of aromatic nitrogens is 2. The van der Waals surface area contributed by atoms with Crippen LogP contribution in [0.25, 0.3) is 0 Å².